The highest BCUT2D eigenvalue weighted by molar-refractivity contribution is 7.89. The number of halogens is 2. The molecule has 1 aliphatic rings. The number of esters is 1. The quantitative estimate of drug-likeness (QED) is 0.328. The zero-order valence-electron chi connectivity index (χ0n) is 22.4. The summed E-state index contributed by atoms with van der Waals surface area (Å²) in [6.45, 7) is 5.64. The number of carbonyl (C=O) groups is 2. The number of amides is 1. The van der Waals surface area contributed by atoms with E-state index in [0.29, 0.717) is 29.9 Å². The Morgan fingerprint density at radius 2 is 1.77 bits per heavy atom. The molecule has 1 atom stereocenters. The van der Waals surface area contributed by atoms with E-state index in [1.54, 1.807) is 13.8 Å². The molecule has 212 valence electrons. The van der Waals surface area contributed by atoms with Crippen molar-refractivity contribution in [1.82, 2.24) is 19.2 Å². The lowest BCUT2D eigenvalue weighted by molar-refractivity contribution is 0.0508. The molecule has 0 aliphatic carbocycles. The number of piperazine rings is 1. The molecule has 12 heteroatoms. The van der Waals surface area contributed by atoms with E-state index in [-0.39, 0.29) is 52.4 Å². The summed E-state index contributed by atoms with van der Waals surface area (Å²) in [7, 11) is -3.98. The normalized spacial score (nSPS) is 16.1. The van der Waals surface area contributed by atoms with Crippen LogP contribution in [0.3, 0.4) is 0 Å². The Bertz CT molecular complexity index is 1520. The van der Waals surface area contributed by atoms with Gasteiger partial charge in [0, 0.05) is 36.3 Å². The molecule has 0 spiro atoms. The second-order valence-electron chi connectivity index (χ2n) is 9.34. The molecule has 0 bridgehead atoms. The van der Waals surface area contributed by atoms with E-state index < -0.39 is 27.9 Å². The largest absolute Gasteiger partial charge is 0.462 e. The second kappa shape index (κ2) is 12.6. The molecule has 0 N–H and O–H groups in total. The van der Waals surface area contributed by atoms with Gasteiger partial charge in [-0.3, -0.25) is 4.79 Å². The van der Waals surface area contributed by atoms with Crippen molar-refractivity contribution in [1.29, 1.82) is 0 Å². The monoisotopic (exact) mass is 604 g/mol. The van der Waals surface area contributed by atoms with E-state index in [1.165, 1.54) is 27.4 Å². The first-order valence-electron chi connectivity index (χ1n) is 13.0. The van der Waals surface area contributed by atoms with Gasteiger partial charge < -0.3 is 9.64 Å². The van der Waals surface area contributed by atoms with Crippen molar-refractivity contribution in [2.75, 3.05) is 26.2 Å². The van der Waals surface area contributed by atoms with Gasteiger partial charge in [0.05, 0.1) is 17.3 Å². The van der Waals surface area contributed by atoms with Crippen LogP contribution < -0.4 is 0 Å². The van der Waals surface area contributed by atoms with Gasteiger partial charge in [-0.2, -0.15) is 4.31 Å². The Morgan fingerprint density at radius 1 is 1.05 bits per heavy atom. The summed E-state index contributed by atoms with van der Waals surface area (Å²) in [5.41, 5.74) is 1.12. The van der Waals surface area contributed by atoms with Crippen molar-refractivity contribution in [3.05, 3.63) is 75.5 Å². The van der Waals surface area contributed by atoms with E-state index >= 15 is 0 Å². The van der Waals surface area contributed by atoms with Gasteiger partial charge in [-0.05, 0) is 38.5 Å². The molecule has 40 heavy (non-hydrogen) atoms. The lowest BCUT2D eigenvalue weighted by atomic mass is 10.0. The van der Waals surface area contributed by atoms with Gasteiger partial charge in [0.15, 0.2) is 5.82 Å². The maximum Gasteiger partial charge on any atom is 0.342 e. The van der Waals surface area contributed by atoms with Crippen LogP contribution in [0.1, 0.15) is 53.7 Å². The van der Waals surface area contributed by atoms with Crippen LogP contribution in [-0.2, 0) is 21.2 Å². The highest BCUT2D eigenvalue weighted by atomic mass is 35.5. The van der Waals surface area contributed by atoms with Crippen LogP contribution in [0.4, 0.5) is 0 Å². The molecule has 1 fully saturated rings. The van der Waals surface area contributed by atoms with Crippen LogP contribution in [0.25, 0.3) is 11.4 Å². The standard InChI is InChI=1S/C28H30Cl2N4O5S/c1-4-9-22-24(28(36)39-5-2)25(32-26(31-22)19-10-7-6-8-11-19)27(35)33-14-15-34(18(3)17-33)40(37,38)23-16-20(29)12-13-21(23)30/h6-8,10-13,16,18H,4-5,9,14-15,17H2,1-3H3. The molecule has 3 aromatic rings. The molecule has 1 amide bonds. The van der Waals surface area contributed by atoms with Crippen LogP contribution in [0.2, 0.25) is 10.0 Å². The van der Waals surface area contributed by atoms with Crippen molar-refractivity contribution >= 4 is 45.1 Å². The maximum absolute atomic E-state index is 14.0. The predicted octanol–water partition coefficient (Wildman–Crippen LogP) is 5.11. The number of sulfonamides is 1. The average Bonchev–Trinajstić information content (AvgIpc) is 2.94. The Kier molecular flexibility index (Phi) is 9.45. The Balaban J connectivity index is 1.71. The summed E-state index contributed by atoms with van der Waals surface area (Å²) in [6, 6.07) is 12.9. The summed E-state index contributed by atoms with van der Waals surface area (Å²) in [6.07, 6.45) is 1.13. The van der Waals surface area contributed by atoms with Gasteiger partial charge in [0.2, 0.25) is 10.0 Å². The molecule has 2 aromatic carbocycles. The minimum absolute atomic E-state index is 0.0191. The lowest BCUT2D eigenvalue weighted by Crippen LogP contribution is -2.55. The maximum atomic E-state index is 14.0. The summed E-state index contributed by atoms with van der Waals surface area (Å²) in [5.74, 6) is -0.839. The molecule has 1 aromatic heterocycles. The van der Waals surface area contributed by atoms with Crippen molar-refractivity contribution in [3.63, 3.8) is 0 Å². The van der Waals surface area contributed by atoms with E-state index in [2.05, 4.69) is 9.97 Å². The molecule has 4 rings (SSSR count). The van der Waals surface area contributed by atoms with Gasteiger partial charge in [-0.15, -0.1) is 0 Å². The summed E-state index contributed by atoms with van der Waals surface area (Å²) < 4.78 is 33.5. The molecule has 0 saturated carbocycles. The number of rotatable bonds is 8. The van der Waals surface area contributed by atoms with Crippen molar-refractivity contribution < 1.29 is 22.7 Å². The van der Waals surface area contributed by atoms with Crippen LogP contribution in [0.15, 0.2) is 53.4 Å². The van der Waals surface area contributed by atoms with Crippen molar-refractivity contribution in [2.45, 2.75) is 44.6 Å². The van der Waals surface area contributed by atoms with Gasteiger partial charge in [-0.1, -0.05) is 66.9 Å². The molecule has 2 heterocycles. The number of aryl methyl sites for hydroxylation is 1. The molecule has 1 aliphatic heterocycles. The third-order valence-electron chi connectivity index (χ3n) is 6.52. The molecular formula is C28H30Cl2N4O5S. The number of benzene rings is 2. The number of hydrogen-bond donors (Lipinski definition) is 0. The van der Waals surface area contributed by atoms with Gasteiger partial charge in [0.1, 0.15) is 16.2 Å². The fraction of sp³-hybridized carbons (Fsp3) is 0.357. The summed E-state index contributed by atoms with van der Waals surface area (Å²) in [4.78, 5) is 37.6. The van der Waals surface area contributed by atoms with Gasteiger partial charge >= 0.3 is 5.97 Å². The number of nitrogens with zero attached hydrogens (tertiary/aromatic N) is 4. The number of hydrogen-bond acceptors (Lipinski definition) is 7. The summed E-state index contributed by atoms with van der Waals surface area (Å²) >= 11 is 12.2. The predicted molar refractivity (Wildman–Crippen MR) is 153 cm³/mol. The Morgan fingerprint density at radius 3 is 2.42 bits per heavy atom. The molecule has 1 unspecified atom stereocenters. The highest BCUT2D eigenvalue weighted by Gasteiger charge is 2.38. The van der Waals surface area contributed by atoms with E-state index in [9.17, 15) is 18.0 Å². The third-order valence-corrected chi connectivity index (χ3v) is 9.25. The number of ether oxygens (including phenoxy) is 1. The Labute approximate surface area is 244 Å². The lowest BCUT2D eigenvalue weighted by Gasteiger charge is -2.39. The fourth-order valence-corrected chi connectivity index (χ4v) is 7.00. The first kappa shape index (κ1) is 29.9. The summed E-state index contributed by atoms with van der Waals surface area (Å²) in [5, 5.41) is 0.309. The SMILES string of the molecule is CCCc1nc(-c2ccccc2)nc(C(=O)N2CCN(S(=O)(=O)c3cc(Cl)ccc3Cl)C(C)C2)c1C(=O)OCC. The molecule has 9 nitrogen and oxygen atoms in total. The second-order valence-corrected chi connectivity index (χ2v) is 12.0. The van der Waals surface area contributed by atoms with Crippen LogP contribution in [0, 0.1) is 0 Å². The average molecular weight is 606 g/mol. The smallest absolute Gasteiger partial charge is 0.342 e. The van der Waals surface area contributed by atoms with Crippen molar-refractivity contribution in [3.8, 4) is 11.4 Å². The number of carbonyl (C=O) groups excluding carboxylic acids is 2. The highest BCUT2D eigenvalue weighted by Crippen LogP contribution is 2.30. The van der Waals surface area contributed by atoms with Crippen LogP contribution in [0.5, 0.6) is 0 Å². The van der Waals surface area contributed by atoms with E-state index in [1.807, 2.05) is 37.3 Å². The third kappa shape index (κ3) is 6.15. The molecule has 0 radical (unpaired) electrons. The van der Waals surface area contributed by atoms with Crippen LogP contribution in [-0.4, -0.2) is 71.8 Å². The van der Waals surface area contributed by atoms with Gasteiger partial charge in [-0.25, -0.2) is 23.2 Å². The molecule has 1 saturated heterocycles. The van der Waals surface area contributed by atoms with E-state index in [0.717, 1.165) is 0 Å². The topological polar surface area (TPSA) is 110 Å². The van der Waals surface area contributed by atoms with Crippen molar-refractivity contribution in [2.24, 2.45) is 0 Å². The first-order valence-corrected chi connectivity index (χ1v) is 15.2. The minimum atomic E-state index is -3.98. The Hall–Kier alpha value is -3.05. The minimum Gasteiger partial charge on any atom is -0.462 e. The first-order chi connectivity index (χ1) is 19.1. The zero-order chi connectivity index (χ0) is 29.0. The van der Waals surface area contributed by atoms with Crippen LogP contribution >= 0.6 is 23.2 Å². The number of aromatic nitrogens is 2. The van der Waals surface area contributed by atoms with E-state index in [4.69, 9.17) is 27.9 Å². The van der Waals surface area contributed by atoms with Gasteiger partial charge in [0.25, 0.3) is 5.91 Å². The molecular weight excluding hydrogens is 575 g/mol. The zero-order valence-corrected chi connectivity index (χ0v) is 24.8. The fourth-order valence-electron chi connectivity index (χ4n) is 4.65.